The summed E-state index contributed by atoms with van der Waals surface area (Å²) in [5.41, 5.74) is 7.14. The van der Waals surface area contributed by atoms with Crippen molar-refractivity contribution in [1.29, 1.82) is 0 Å². The summed E-state index contributed by atoms with van der Waals surface area (Å²) in [7, 11) is 1.67. The van der Waals surface area contributed by atoms with Gasteiger partial charge in [0.15, 0.2) is 5.69 Å². The maximum atomic E-state index is 13.2. The highest BCUT2D eigenvalue weighted by atomic mass is 19.1. The maximum absolute atomic E-state index is 13.2. The van der Waals surface area contributed by atoms with Crippen LogP contribution in [0.25, 0.3) is 0 Å². The Hall–Kier alpha value is -2.37. The fraction of sp³-hybridized carbons (Fsp3) is 0.167. The molecule has 5 nitrogen and oxygen atoms in total. The Morgan fingerprint density at radius 2 is 2.17 bits per heavy atom. The topological polar surface area (TPSA) is 72.9 Å². The van der Waals surface area contributed by atoms with E-state index in [9.17, 15) is 9.18 Å². The number of aromatic nitrogens is 2. The molecule has 0 spiro atoms. The molecule has 18 heavy (non-hydrogen) atoms. The summed E-state index contributed by atoms with van der Waals surface area (Å²) < 4.78 is 14.6. The van der Waals surface area contributed by atoms with Gasteiger partial charge in [0, 0.05) is 18.9 Å². The summed E-state index contributed by atoms with van der Waals surface area (Å²) in [6.45, 7) is 1.74. The molecule has 2 aromatic rings. The molecule has 1 aromatic carbocycles. The molecule has 0 aliphatic heterocycles. The minimum absolute atomic E-state index is 0.124. The molecular weight excluding hydrogens is 235 g/mol. The molecule has 0 aliphatic carbocycles. The van der Waals surface area contributed by atoms with Gasteiger partial charge >= 0.3 is 0 Å². The van der Waals surface area contributed by atoms with Crippen molar-refractivity contribution in [1.82, 2.24) is 9.78 Å². The van der Waals surface area contributed by atoms with Crippen LogP contribution in [-0.2, 0) is 7.05 Å². The van der Waals surface area contributed by atoms with Gasteiger partial charge in [-0.2, -0.15) is 5.10 Å². The highest BCUT2D eigenvalue weighted by Gasteiger charge is 2.14. The zero-order valence-electron chi connectivity index (χ0n) is 10.1. The number of aryl methyl sites for hydroxylation is 2. The Kier molecular flexibility index (Phi) is 3.01. The van der Waals surface area contributed by atoms with Gasteiger partial charge < -0.3 is 11.1 Å². The first-order valence-electron chi connectivity index (χ1n) is 5.33. The standard InChI is InChI=1S/C12H13FN4O/c1-7-3-8(13)5-9(4-7)15-12(18)11-10(14)6-17(2)16-11/h3-6H,14H2,1-2H3,(H,15,18). The molecule has 0 saturated heterocycles. The van der Waals surface area contributed by atoms with Crippen LogP contribution in [0.5, 0.6) is 0 Å². The van der Waals surface area contributed by atoms with Crippen LogP contribution in [0.15, 0.2) is 24.4 Å². The number of nitrogens with one attached hydrogen (secondary N) is 1. The molecule has 0 fully saturated rings. The first-order valence-corrected chi connectivity index (χ1v) is 5.33. The molecule has 1 heterocycles. The minimum Gasteiger partial charge on any atom is -0.396 e. The van der Waals surface area contributed by atoms with E-state index in [0.717, 1.165) is 5.56 Å². The van der Waals surface area contributed by atoms with Crippen LogP contribution in [0.3, 0.4) is 0 Å². The molecule has 0 radical (unpaired) electrons. The van der Waals surface area contributed by atoms with Gasteiger partial charge in [-0.05, 0) is 30.7 Å². The number of carbonyl (C=O) groups excluding carboxylic acids is 1. The average Bonchev–Trinajstić information content (AvgIpc) is 2.56. The van der Waals surface area contributed by atoms with E-state index in [-0.39, 0.29) is 11.4 Å². The zero-order valence-corrected chi connectivity index (χ0v) is 10.1. The lowest BCUT2D eigenvalue weighted by Crippen LogP contribution is -2.14. The number of nitrogens with zero attached hydrogens (tertiary/aromatic N) is 2. The molecule has 1 amide bonds. The van der Waals surface area contributed by atoms with Crippen LogP contribution in [0.2, 0.25) is 0 Å². The third-order valence-electron chi connectivity index (χ3n) is 2.37. The van der Waals surface area contributed by atoms with E-state index < -0.39 is 11.7 Å². The molecule has 94 valence electrons. The number of benzene rings is 1. The lowest BCUT2D eigenvalue weighted by atomic mass is 10.2. The van der Waals surface area contributed by atoms with Crippen molar-refractivity contribution in [2.24, 2.45) is 7.05 Å². The average molecular weight is 248 g/mol. The van der Waals surface area contributed by atoms with E-state index in [1.165, 1.54) is 23.0 Å². The van der Waals surface area contributed by atoms with Gasteiger partial charge in [0.2, 0.25) is 0 Å². The summed E-state index contributed by atoms with van der Waals surface area (Å²) >= 11 is 0. The summed E-state index contributed by atoms with van der Waals surface area (Å²) in [5.74, 6) is -0.864. The van der Waals surface area contributed by atoms with Crippen LogP contribution in [0.1, 0.15) is 16.1 Å². The predicted octanol–water partition coefficient (Wildman–Crippen LogP) is 1.70. The van der Waals surface area contributed by atoms with Crippen molar-refractivity contribution < 1.29 is 9.18 Å². The Morgan fingerprint density at radius 3 is 2.72 bits per heavy atom. The van der Waals surface area contributed by atoms with Crippen LogP contribution >= 0.6 is 0 Å². The SMILES string of the molecule is Cc1cc(F)cc(NC(=O)c2nn(C)cc2N)c1. The fourth-order valence-corrected chi connectivity index (χ4v) is 1.68. The quantitative estimate of drug-likeness (QED) is 0.849. The number of rotatable bonds is 2. The molecule has 0 aliphatic rings. The van der Waals surface area contributed by atoms with E-state index >= 15 is 0 Å². The largest absolute Gasteiger partial charge is 0.396 e. The fourth-order valence-electron chi connectivity index (χ4n) is 1.68. The summed E-state index contributed by atoms with van der Waals surface area (Å²) in [6, 6.07) is 4.29. The second-order valence-corrected chi connectivity index (χ2v) is 4.08. The number of carbonyl (C=O) groups is 1. The van der Waals surface area contributed by atoms with Gasteiger partial charge in [0.25, 0.3) is 5.91 Å². The van der Waals surface area contributed by atoms with Crippen molar-refractivity contribution in [3.63, 3.8) is 0 Å². The minimum atomic E-state index is -0.460. The smallest absolute Gasteiger partial charge is 0.278 e. The predicted molar refractivity (Wildman–Crippen MR) is 66.7 cm³/mol. The monoisotopic (exact) mass is 248 g/mol. The van der Waals surface area contributed by atoms with Crippen molar-refractivity contribution in [3.05, 3.63) is 41.5 Å². The van der Waals surface area contributed by atoms with Crippen molar-refractivity contribution in [3.8, 4) is 0 Å². The summed E-state index contributed by atoms with van der Waals surface area (Å²) in [5, 5.41) is 6.50. The van der Waals surface area contributed by atoms with Gasteiger partial charge in [-0.15, -0.1) is 0 Å². The number of hydrogen-bond donors (Lipinski definition) is 2. The third kappa shape index (κ3) is 2.48. The van der Waals surface area contributed by atoms with E-state index in [1.807, 2.05) is 0 Å². The summed E-state index contributed by atoms with van der Waals surface area (Å²) in [4.78, 5) is 11.9. The zero-order chi connectivity index (χ0) is 13.3. The molecule has 0 atom stereocenters. The molecule has 2 rings (SSSR count). The van der Waals surface area contributed by atoms with Gasteiger partial charge in [-0.25, -0.2) is 4.39 Å². The molecule has 6 heteroatoms. The van der Waals surface area contributed by atoms with Crippen molar-refractivity contribution in [2.75, 3.05) is 11.1 Å². The number of nitrogen functional groups attached to an aromatic ring is 1. The molecule has 0 unspecified atom stereocenters. The van der Waals surface area contributed by atoms with E-state index in [2.05, 4.69) is 10.4 Å². The number of hydrogen-bond acceptors (Lipinski definition) is 3. The molecule has 3 N–H and O–H groups in total. The Bertz CT molecular complexity index is 586. The van der Waals surface area contributed by atoms with Gasteiger partial charge in [-0.3, -0.25) is 9.48 Å². The number of halogens is 1. The van der Waals surface area contributed by atoms with E-state index in [1.54, 1.807) is 20.0 Å². The lowest BCUT2D eigenvalue weighted by Gasteiger charge is -2.05. The van der Waals surface area contributed by atoms with Gasteiger partial charge in [-0.1, -0.05) is 0 Å². The van der Waals surface area contributed by atoms with Crippen molar-refractivity contribution in [2.45, 2.75) is 6.92 Å². The first kappa shape index (κ1) is 12.1. The van der Waals surface area contributed by atoms with Crippen LogP contribution in [0.4, 0.5) is 15.8 Å². The Labute approximate surface area is 103 Å². The van der Waals surface area contributed by atoms with Crippen LogP contribution < -0.4 is 11.1 Å². The maximum Gasteiger partial charge on any atom is 0.278 e. The third-order valence-corrected chi connectivity index (χ3v) is 2.37. The van der Waals surface area contributed by atoms with E-state index in [4.69, 9.17) is 5.73 Å². The molecular formula is C12H13FN4O. The Balaban J connectivity index is 2.23. The first-order chi connectivity index (χ1) is 8.45. The van der Waals surface area contributed by atoms with Crippen LogP contribution in [-0.4, -0.2) is 15.7 Å². The Morgan fingerprint density at radius 1 is 1.44 bits per heavy atom. The molecule has 1 aromatic heterocycles. The second kappa shape index (κ2) is 4.48. The number of nitrogens with two attached hydrogens (primary N) is 1. The van der Waals surface area contributed by atoms with E-state index in [0.29, 0.717) is 5.69 Å². The lowest BCUT2D eigenvalue weighted by molar-refractivity contribution is 0.102. The molecule has 0 saturated carbocycles. The second-order valence-electron chi connectivity index (χ2n) is 4.08. The normalized spacial score (nSPS) is 10.4. The highest BCUT2D eigenvalue weighted by molar-refractivity contribution is 6.06. The van der Waals surface area contributed by atoms with Crippen LogP contribution in [0, 0.1) is 12.7 Å². The number of anilines is 2. The number of amides is 1. The van der Waals surface area contributed by atoms with Gasteiger partial charge in [0.05, 0.1) is 5.69 Å². The molecule has 0 bridgehead atoms. The summed E-state index contributed by atoms with van der Waals surface area (Å²) in [6.07, 6.45) is 1.53. The van der Waals surface area contributed by atoms with Crippen molar-refractivity contribution >= 4 is 17.3 Å². The highest BCUT2D eigenvalue weighted by Crippen LogP contribution is 2.16. The van der Waals surface area contributed by atoms with Gasteiger partial charge in [0.1, 0.15) is 5.82 Å².